The van der Waals surface area contributed by atoms with E-state index in [1.807, 2.05) is 17.5 Å². The average Bonchev–Trinajstić information content (AvgIpc) is 3.12. The molecule has 106 valence electrons. The number of aryl methyl sites for hydroxylation is 1. The molecule has 0 aromatic carbocycles. The summed E-state index contributed by atoms with van der Waals surface area (Å²) in [6.45, 7) is 0. The van der Waals surface area contributed by atoms with Gasteiger partial charge < -0.3 is 0 Å². The topological polar surface area (TPSA) is 89.8 Å². The molecule has 0 saturated heterocycles. The lowest BCUT2D eigenvalue weighted by molar-refractivity contribution is 0.102. The molecule has 9 heteroatoms. The van der Waals surface area contributed by atoms with E-state index in [1.165, 1.54) is 30.5 Å². The monoisotopic (exact) mass is 319 g/mol. The molecule has 3 aromatic heterocycles. The summed E-state index contributed by atoms with van der Waals surface area (Å²) >= 11 is 2.62. The summed E-state index contributed by atoms with van der Waals surface area (Å²) in [5, 5.41) is 8.82. The summed E-state index contributed by atoms with van der Waals surface area (Å²) in [6, 6.07) is 6.48. The minimum atomic E-state index is -0.431. The van der Waals surface area contributed by atoms with E-state index >= 15 is 0 Å². The van der Waals surface area contributed by atoms with E-state index in [0.29, 0.717) is 11.0 Å². The van der Waals surface area contributed by atoms with Crippen molar-refractivity contribution in [2.45, 2.75) is 0 Å². The summed E-state index contributed by atoms with van der Waals surface area (Å²) in [5.74, 6) is 0.151. The van der Waals surface area contributed by atoms with Crippen molar-refractivity contribution >= 4 is 33.9 Å². The molecule has 0 fully saturated rings. The summed E-state index contributed by atoms with van der Waals surface area (Å²) in [7, 11) is 1.49. The first-order valence-electron chi connectivity index (χ1n) is 5.87. The maximum Gasteiger partial charge on any atom is 0.277 e. The summed E-state index contributed by atoms with van der Waals surface area (Å²) in [4.78, 5) is 28.4. The predicted molar refractivity (Wildman–Crippen MR) is 80.7 cm³/mol. The molecule has 0 atom stereocenters. The van der Waals surface area contributed by atoms with Crippen molar-refractivity contribution in [3.63, 3.8) is 0 Å². The number of anilines is 1. The lowest BCUT2D eigenvalue weighted by atomic mass is 10.4. The first-order valence-corrected chi connectivity index (χ1v) is 7.52. The Hall–Kier alpha value is -2.39. The van der Waals surface area contributed by atoms with Crippen LogP contribution in [0.15, 0.2) is 34.4 Å². The van der Waals surface area contributed by atoms with Gasteiger partial charge in [0.05, 0.1) is 4.88 Å². The van der Waals surface area contributed by atoms with Crippen LogP contribution in [0.25, 0.3) is 10.7 Å². The third-order valence-corrected chi connectivity index (χ3v) is 4.08. The average molecular weight is 319 g/mol. The van der Waals surface area contributed by atoms with Crippen molar-refractivity contribution in [1.29, 1.82) is 0 Å². The van der Waals surface area contributed by atoms with Crippen molar-refractivity contribution < 1.29 is 4.79 Å². The second-order valence-corrected chi connectivity index (χ2v) is 5.73. The van der Waals surface area contributed by atoms with Crippen molar-refractivity contribution in [1.82, 2.24) is 19.1 Å². The molecule has 0 aliphatic rings. The van der Waals surface area contributed by atoms with Gasteiger partial charge in [-0.1, -0.05) is 6.07 Å². The zero-order chi connectivity index (χ0) is 14.8. The normalized spacial score (nSPS) is 10.5. The van der Waals surface area contributed by atoms with E-state index < -0.39 is 5.91 Å². The highest BCUT2D eigenvalue weighted by Crippen LogP contribution is 2.25. The number of hydrogen-bond donors (Lipinski definition) is 1. The molecule has 0 bridgehead atoms. The van der Waals surface area contributed by atoms with Crippen LogP contribution in [-0.2, 0) is 7.05 Å². The Labute approximate surface area is 127 Å². The number of nitrogens with one attached hydrogen (secondary N) is 1. The highest BCUT2D eigenvalue weighted by molar-refractivity contribution is 7.14. The van der Waals surface area contributed by atoms with E-state index in [-0.39, 0.29) is 11.3 Å². The van der Waals surface area contributed by atoms with Crippen molar-refractivity contribution in [2.24, 2.45) is 7.05 Å². The lowest BCUT2D eigenvalue weighted by Crippen LogP contribution is -2.23. The van der Waals surface area contributed by atoms with Crippen LogP contribution in [-0.4, -0.2) is 25.0 Å². The molecule has 3 rings (SSSR count). The van der Waals surface area contributed by atoms with E-state index in [2.05, 4.69) is 19.8 Å². The van der Waals surface area contributed by atoms with E-state index in [9.17, 15) is 9.59 Å². The number of amides is 1. The number of aromatic nitrogens is 4. The second-order valence-electron chi connectivity index (χ2n) is 4.03. The lowest BCUT2D eigenvalue weighted by Gasteiger charge is -2.01. The molecular formula is C12H9N5O2S2. The minimum absolute atomic E-state index is 0.143. The van der Waals surface area contributed by atoms with Gasteiger partial charge in [0.1, 0.15) is 5.69 Å². The molecule has 0 spiro atoms. The van der Waals surface area contributed by atoms with Gasteiger partial charge in [-0.05, 0) is 17.5 Å². The van der Waals surface area contributed by atoms with Crippen LogP contribution in [0, 0.1) is 0 Å². The van der Waals surface area contributed by atoms with Crippen LogP contribution in [0.3, 0.4) is 0 Å². The van der Waals surface area contributed by atoms with Crippen LogP contribution < -0.4 is 10.9 Å². The Balaban J connectivity index is 1.78. The molecule has 0 aliphatic carbocycles. The first-order chi connectivity index (χ1) is 10.1. The Kier molecular flexibility index (Phi) is 3.59. The molecule has 3 aromatic rings. The Morgan fingerprint density at radius 2 is 2.19 bits per heavy atom. The maximum absolute atomic E-state index is 12.0. The molecule has 0 aliphatic heterocycles. The quantitative estimate of drug-likeness (QED) is 0.792. The van der Waals surface area contributed by atoms with Gasteiger partial charge in [0.25, 0.3) is 11.5 Å². The van der Waals surface area contributed by atoms with Gasteiger partial charge in [-0.25, -0.2) is 4.68 Å². The zero-order valence-corrected chi connectivity index (χ0v) is 12.4. The van der Waals surface area contributed by atoms with E-state index in [4.69, 9.17) is 0 Å². The fraction of sp³-hybridized carbons (Fsp3) is 0.0833. The standard InChI is InChI=1S/C12H9N5O2S2/c1-17-9(18)5-4-7(15-17)11(19)14-12-13-10(16-21-12)8-3-2-6-20-8/h2-6H,1H3,(H,13,14,16,19). The molecule has 7 nitrogen and oxygen atoms in total. The fourth-order valence-corrected chi connectivity index (χ4v) is 2.86. The number of nitrogens with zero attached hydrogens (tertiary/aromatic N) is 4. The van der Waals surface area contributed by atoms with Crippen LogP contribution in [0.5, 0.6) is 0 Å². The van der Waals surface area contributed by atoms with Gasteiger partial charge >= 0.3 is 0 Å². The van der Waals surface area contributed by atoms with Crippen LogP contribution in [0.4, 0.5) is 5.13 Å². The molecule has 0 saturated carbocycles. The Morgan fingerprint density at radius 1 is 1.33 bits per heavy atom. The van der Waals surface area contributed by atoms with E-state index in [1.54, 1.807) is 0 Å². The third-order valence-electron chi connectivity index (χ3n) is 2.58. The SMILES string of the molecule is Cn1nc(C(=O)Nc2nc(-c3cccs3)ns2)ccc1=O. The highest BCUT2D eigenvalue weighted by Gasteiger charge is 2.13. The van der Waals surface area contributed by atoms with Gasteiger partial charge in [-0.2, -0.15) is 14.5 Å². The van der Waals surface area contributed by atoms with E-state index in [0.717, 1.165) is 21.1 Å². The number of carbonyl (C=O) groups excluding carboxylic acids is 1. The molecular weight excluding hydrogens is 310 g/mol. The van der Waals surface area contributed by atoms with Crippen molar-refractivity contribution in [2.75, 3.05) is 5.32 Å². The van der Waals surface area contributed by atoms with Gasteiger partial charge in [0, 0.05) is 24.6 Å². The largest absolute Gasteiger partial charge is 0.295 e. The smallest absolute Gasteiger partial charge is 0.277 e. The Bertz CT molecular complexity index is 837. The number of carbonyl (C=O) groups is 1. The molecule has 0 unspecified atom stereocenters. The maximum atomic E-state index is 12.0. The molecule has 21 heavy (non-hydrogen) atoms. The van der Waals surface area contributed by atoms with Gasteiger partial charge in [-0.15, -0.1) is 11.3 Å². The second kappa shape index (κ2) is 5.54. The number of rotatable bonds is 3. The predicted octanol–water partition coefficient (Wildman–Crippen LogP) is 1.61. The van der Waals surface area contributed by atoms with Gasteiger partial charge in [0.2, 0.25) is 5.13 Å². The molecule has 3 heterocycles. The van der Waals surface area contributed by atoms with Crippen LogP contribution in [0.2, 0.25) is 0 Å². The van der Waals surface area contributed by atoms with Crippen molar-refractivity contribution in [3.05, 3.63) is 45.7 Å². The summed E-state index contributed by atoms with van der Waals surface area (Å²) in [6.07, 6.45) is 0. The summed E-state index contributed by atoms with van der Waals surface area (Å²) < 4.78 is 5.29. The minimum Gasteiger partial charge on any atom is -0.295 e. The Morgan fingerprint density at radius 3 is 2.90 bits per heavy atom. The van der Waals surface area contributed by atoms with Crippen molar-refractivity contribution in [3.8, 4) is 10.7 Å². The summed E-state index contributed by atoms with van der Waals surface area (Å²) in [5.41, 5.74) is -0.132. The molecule has 1 amide bonds. The molecule has 0 radical (unpaired) electrons. The number of hydrogen-bond acceptors (Lipinski definition) is 7. The number of thiophene rings is 1. The third kappa shape index (κ3) is 2.88. The molecule has 1 N–H and O–H groups in total. The zero-order valence-electron chi connectivity index (χ0n) is 10.8. The van der Waals surface area contributed by atoms with Gasteiger partial charge in [0.15, 0.2) is 5.82 Å². The van der Waals surface area contributed by atoms with Crippen LogP contribution >= 0.6 is 22.9 Å². The van der Waals surface area contributed by atoms with Crippen LogP contribution in [0.1, 0.15) is 10.5 Å². The highest BCUT2D eigenvalue weighted by atomic mass is 32.1. The van der Waals surface area contributed by atoms with Gasteiger partial charge in [-0.3, -0.25) is 14.9 Å². The fourth-order valence-electron chi connectivity index (χ4n) is 1.56. The first kappa shape index (κ1) is 13.6.